The molecule has 2 amide bonds. The summed E-state index contributed by atoms with van der Waals surface area (Å²) in [4.78, 5) is 34.2. The van der Waals surface area contributed by atoms with Crippen molar-refractivity contribution in [3.05, 3.63) is 59.4 Å². The Morgan fingerprint density at radius 2 is 2.00 bits per heavy atom. The monoisotopic (exact) mass is 363 g/mol. The summed E-state index contributed by atoms with van der Waals surface area (Å²) in [5, 5.41) is 0. The predicted molar refractivity (Wildman–Crippen MR) is 105 cm³/mol. The van der Waals surface area contributed by atoms with Crippen molar-refractivity contribution in [3.8, 4) is 0 Å². The van der Waals surface area contributed by atoms with Gasteiger partial charge in [-0.15, -0.1) is 0 Å². The Bertz CT molecular complexity index is 862. The summed E-state index contributed by atoms with van der Waals surface area (Å²) < 4.78 is 0. The first kappa shape index (κ1) is 17.7. The first-order valence-electron chi connectivity index (χ1n) is 9.67. The highest BCUT2D eigenvalue weighted by molar-refractivity contribution is 6.11. The fourth-order valence-electron chi connectivity index (χ4n) is 4.16. The van der Waals surface area contributed by atoms with E-state index in [-0.39, 0.29) is 24.3 Å². The van der Waals surface area contributed by atoms with Crippen molar-refractivity contribution in [1.82, 2.24) is 9.88 Å². The molecule has 0 radical (unpaired) electrons. The Morgan fingerprint density at radius 3 is 2.74 bits per heavy atom. The smallest absolute Gasteiger partial charge is 0.260 e. The number of benzene rings is 1. The van der Waals surface area contributed by atoms with Crippen LogP contribution in [0.2, 0.25) is 0 Å². The molecule has 2 atom stereocenters. The van der Waals surface area contributed by atoms with Crippen molar-refractivity contribution in [2.45, 2.75) is 39.2 Å². The maximum Gasteiger partial charge on any atom is 0.260 e. The summed E-state index contributed by atoms with van der Waals surface area (Å²) in [6.07, 6.45) is 4.19. The molecule has 140 valence electrons. The van der Waals surface area contributed by atoms with Crippen molar-refractivity contribution in [2.75, 3.05) is 18.0 Å². The van der Waals surface area contributed by atoms with Gasteiger partial charge in [-0.1, -0.05) is 24.6 Å². The highest BCUT2D eigenvalue weighted by atomic mass is 16.2. The number of rotatable bonds is 3. The van der Waals surface area contributed by atoms with Gasteiger partial charge in [0.25, 0.3) is 5.91 Å². The second kappa shape index (κ2) is 7.14. The zero-order valence-electron chi connectivity index (χ0n) is 15.9. The molecule has 5 heteroatoms. The molecule has 2 aliphatic heterocycles. The van der Waals surface area contributed by atoms with Crippen LogP contribution in [0.5, 0.6) is 0 Å². The Labute approximate surface area is 160 Å². The number of piperidine rings is 1. The first-order valence-corrected chi connectivity index (χ1v) is 9.67. The summed E-state index contributed by atoms with van der Waals surface area (Å²) >= 11 is 0. The lowest BCUT2D eigenvalue weighted by atomic mass is 9.99. The third-order valence-electron chi connectivity index (χ3n) is 5.60. The molecular weight excluding hydrogens is 338 g/mol. The summed E-state index contributed by atoms with van der Waals surface area (Å²) in [7, 11) is 0. The molecule has 0 saturated carbocycles. The molecular formula is C22H25N3O2. The molecule has 0 aliphatic carbocycles. The van der Waals surface area contributed by atoms with Gasteiger partial charge in [-0.2, -0.15) is 0 Å². The fourth-order valence-corrected chi connectivity index (χ4v) is 4.16. The van der Waals surface area contributed by atoms with Gasteiger partial charge in [0.05, 0.1) is 23.7 Å². The van der Waals surface area contributed by atoms with Crippen LogP contribution in [-0.4, -0.2) is 34.8 Å². The zero-order valence-corrected chi connectivity index (χ0v) is 15.9. The molecule has 2 unspecified atom stereocenters. The summed E-state index contributed by atoms with van der Waals surface area (Å²) in [6.45, 7) is 5.82. The minimum absolute atomic E-state index is 0.0771. The first-order chi connectivity index (χ1) is 13.0. The Morgan fingerprint density at radius 1 is 1.22 bits per heavy atom. The van der Waals surface area contributed by atoms with Crippen LogP contribution in [0.4, 0.5) is 5.69 Å². The summed E-state index contributed by atoms with van der Waals surface area (Å²) in [5.41, 5.74) is 3.26. The largest absolute Gasteiger partial charge is 0.342 e. The highest BCUT2D eigenvalue weighted by Gasteiger charge is 2.40. The predicted octanol–water partition coefficient (Wildman–Crippen LogP) is 3.74. The SMILES string of the molecule is Cc1ccc(N2C(=O)c3cccnc3C2CC(=O)N2CCCC(C)C2)cc1. The van der Waals surface area contributed by atoms with E-state index in [1.165, 1.54) is 6.42 Å². The molecule has 2 aliphatic rings. The van der Waals surface area contributed by atoms with Crippen molar-refractivity contribution >= 4 is 17.5 Å². The maximum atomic E-state index is 13.1. The molecule has 0 bridgehead atoms. The third kappa shape index (κ3) is 3.34. The number of fused-ring (bicyclic) bond motifs is 1. The van der Waals surface area contributed by atoms with Gasteiger partial charge >= 0.3 is 0 Å². The fraction of sp³-hybridized carbons (Fsp3) is 0.409. The lowest BCUT2D eigenvalue weighted by Crippen LogP contribution is -2.41. The third-order valence-corrected chi connectivity index (χ3v) is 5.60. The number of hydrogen-bond acceptors (Lipinski definition) is 3. The molecule has 5 nitrogen and oxygen atoms in total. The zero-order chi connectivity index (χ0) is 19.0. The molecule has 1 aromatic heterocycles. The quantitative estimate of drug-likeness (QED) is 0.835. The molecule has 0 spiro atoms. The second-order valence-electron chi connectivity index (χ2n) is 7.75. The van der Waals surface area contributed by atoms with Crippen molar-refractivity contribution < 1.29 is 9.59 Å². The van der Waals surface area contributed by atoms with Gasteiger partial charge in [0.2, 0.25) is 5.91 Å². The molecule has 3 heterocycles. The number of carbonyl (C=O) groups excluding carboxylic acids is 2. The minimum atomic E-state index is -0.346. The van der Waals surface area contributed by atoms with E-state index in [2.05, 4.69) is 11.9 Å². The van der Waals surface area contributed by atoms with E-state index in [0.717, 1.165) is 30.8 Å². The minimum Gasteiger partial charge on any atom is -0.342 e. The van der Waals surface area contributed by atoms with E-state index in [0.29, 0.717) is 17.2 Å². The number of nitrogens with zero attached hydrogens (tertiary/aromatic N) is 3. The standard InChI is InChI=1S/C22H25N3O2/c1-15-7-9-17(10-8-15)25-19(21-18(22(25)27)6-3-11-23-21)13-20(26)24-12-4-5-16(2)14-24/h3,6-11,16,19H,4-5,12-14H2,1-2H3. The average molecular weight is 363 g/mol. The molecule has 0 N–H and O–H groups in total. The second-order valence-corrected chi connectivity index (χ2v) is 7.75. The number of amides is 2. The summed E-state index contributed by atoms with van der Waals surface area (Å²) in [6, 6.07) is 11.1. The van der Waals surface area contributed by atoms with E-state index in [1.807, 2.05) is 36.1 Å². The van der Waals surface area contributed by atoms with E-state index in [1.54, 1.807) is 23.2 Å². The van der Waals surface area contributed by atoms with Crippen molar-refractivity contribution in [2.24, 2.45) is 5.92 Å². The van der Waals surface area contributed by atoms with Gasteiger partial charge in [-0.3, -0.25) is 19.5 Å². The Balaban J connectivity index is 1.65. The van der Waals surface area contributed by atoms with Gasteiger partial charge in [0, 0.05) is 25.0 Å². The molecule has 27 heavy (non-hydrogen) atoms. The maximum absolute atomic E-state index is 13.1. The number of aryl methyl sites for hydroxylation is 1. The Kier molecular flexibility index (Phi) is 4.68. The van der Waals surface area contributed by atoms with Crippen LogP contribution in [0.1, 0.15) is 53.8 Å². The molecule has 1 fully saturated rings. The van der Waals surface area contributed by atoms with Gasteiger partial charge in [0.1, 0.15) is 0 Å². The van der Waals surface area contributed by atoms with E-state index in [4.69, 9.17) is 0 Å². The van der Waals surface area contributed by atoms with Crippen LogP contribution in [0.15, 0.2) is 42.6 Å². The van der Waals surface area contributed by atoms with E-state index >= 15 is 0 Å². The number of likely N-dealkylation sites (tertiary alicyclic amines) is 1. The van der Waals surface area contributed by atoms with E-state index < -0.39 is 0 Å². The number of carbonyl (C=O) groups is 2. The van der Waals surface area contributed by atoms with Crippen LogP contribution in [0.25, 0.3) is 0 Å². The number of anilines is 1. The molecule has 4 rings (SSSR count). The van der Waals surface area contributed by atoms with Gasteiger partial charge < -0.3 is 4.90 Å². The van der Waals surface area contributed by atoms with Crippen LogP contribution in [0.3, 0.4) is 0 Å². The number of hydrogen-bond donors (Lipinski definition) is 0. The number of aromatic nitrogens is 1. The molecule has 2 aromatic rings. The van der Waals surface area contributed by atoms with Crippen LogP contribution in [-0.2, 0) is 4.79 Å². The average Bonchev–Trinajstić information content (AvgIpc) is 2.95. The lowest BCUT2D eigenvalue weighted by Gasteiger charge is -2.33. The van der Waals surface area contributed by atoms with Crippen LogP contribution < -0.4 is 4.90 Å². The normalized spacial score (nSPS) is 22.1. The number of pyridine rings is 1. The summed E-state index contributed by atoms with van der Waals surface area (Å²) in [5.74, 6) is 0.563. The van der Waals surface area contributed by atoms with E-state index in [9.17, 15) is 9.59 Å². The highest BCUT2D eigenvalue weighted by Crippen LogP contribution is 2.38. The van der Waals surface area contributed by atoms with Crippen LogP contribution >= 0.6 is 0 Å². The lowest BCUT2D eigenvalue weighted by molar-refractivity contribution is -0.133. The van der Waals surface area contributed by atoms with Gasteiger partial charge in [0.15, 0.2) is 0 Å². The topological polar surface area (TPSA) is 53.5 Å². The van der Waals surface area contributed by atoms with Crippen LogP contribution in [0, 0.1) is 12.8 Å². The Hall–Kier alpha value is -2.69. The van der Waals surface area contributed by atoms with Crippen molar-refractivity contribution in [1.29, 1.82) is 0 Å². The van der Waals surface area contributed by atoms with Gasteiger partial charge in [-0.25, -0.2) is 0 Å². The van der Waals surface area contributed by atoms with Crippen molar-refractivity contribution in [3.63, 3.8) is 0 Å². The molecule has 1 aromatic carbocycles. The molecule has 1 saturated heterocycles. The van der Waals surface area contributed by atoms with Gasteiger partial charge in [-0.05, 0) is 49.9 Å².